The minimum atomic E-state index is -0.443. The molecular weight excluding hydrogens is 176 g/mol. The van der Waals surface area contributed by atoms with E-state index in [1.54, 1.807) is 0 Å². The fourth-order valence-electron chi connectivity index (χ4n) is 0.590. The molecule has 0 aromatic carbocycles. The Kier molecular flexibility index (Phi) is 5.53. The minimum Gasteiger partial charge on any atom is -0.372 e. The highest BCUT2D eigenvalue weighted by Gasteiger charge is 2.03. The summed E-state index contributed by atoms with van der Waals surface area (Å²) in [6.07, 6.45) is 3.76. The van der Waals surface area contributed by atoms with Crippen LogP contribution < -0.4 is 5.32 Å². The summed E-state index contributed by atoms with van der Waals surface area (Å²) in [7, 11) is 0. The molecule has 0 saturated heterocycles. The van der Waals surface area contributed by atoms with Crippen molar-refractivity contribution in [3.05, 3.63) is 21.3 Å². The third kappa shape index (κ3) is 5.01. The Morgan fingerprint density at radius 3 is 2.75 bits per heavy atom. The summed E-state index contributed by atoms with van der Waals surface area (Å²) < 4.78 is 0. The number of nitro groups is 1. The zero-order chi connectivity index (χ0) is 9.56. The zero-order valence-electron chi connectivity index (χ0n) is 7.53. The molecule has 12 heavy (non-hydrogen) atoms. The third-order valence-corrected chi connectivity index (χ3v) is 2.11. The molecule has 0 aromatic heterocycles. The third-order valence-electron chi connectivity index (χ3n) is 1.44. The van der Waals surface area contributed by atoms with E-state index in [-0.39, 0.29) is 6.04 Å². The maximum Gasteiger partial charge on any atom is 0.263 e. The van der Waals surface area contributed by atoms with Crippen molar-refractivity contribution in [3.63, 3.8) is 0 Å². The van der Waals surface area contributed by atoms with Gasteiger partial charge in [-0.25, -0.2) is 0 Å². The van der Waals surface area contributed by atoms with Gasteiger partial charge in [0, 0.05) is 6.04 Å². The van der Waals surface area contributed by atoms with Crippen molar-refractivity contribution in [2.75, 3.05) is 6.26 Å². The van der Waals surface area contributed by atoms with Gasteiger partial charge >= 0.3 is 0 Å². The molecule has 0 aromatic rings. The van der Waals surface area contributed by atoms with Crippen molar-refractivity contribution >= 4 is 11.8 Å². The second-order valence-electron chi connectivity index (χ2n) is 2.44. The Bertz CT molecular complexity index is 182. The standard InChI is InChI=1S/C7H14N2O2S/c1-4-6(2)8-7(12-3)5-9(10)11/h5-6,8H,4H2,1-3H3. The second kappa shape index (κ2) is 5.88. The van der Waals surface area contributed by atoms with Crippen LogP contribution in [-0.2, 0) is 0 Å². The van der Waals surface area contributed by atoms with E-state index in [0.29, 0.717) is 5.03 Å². The van der Waals surface area contributed by atoms with Crippen LogP contribution in [0.15, 0.2) is 11.2 Å². The summed E-state index contributed by atoms with van der Waals surface area (Å²) >= 11 is 1.35. The summed E-state index contributed by atoms with van der Waals surface area (Å²) in [5.74, 6) is 0. The lowest BCUT2D eigenvalue weighted by Gasteiger charge is -2.11. The molecule has 0 radical (unpaired) electrons. The van der Waals surface area contributed by atoms with E-state index in [0.717, 1.165) is 12.6 Å². The van der Waals surface area contributed by atoms with Crippen molar-refractivity contribution in [1.29, 1.82) is 0 Å². The van der Waals surface area contributed by atoms with Gasteiger partial charge in [-0.05, 0) is 19.6 Å². The number of nitrogens with one attached hydrogen (secondary N) is 1. The van der Waals surface area contributed by atoms with Crippen molar-refractivity contribution in [2.45, 2.75) is 26.3 Å². The van der Waals surface area contributed by atoms with E-state index in [1.807, 2.05) is 20.1 Å². The van der Waals surface area contributed by atoms with Gasteiger partial charge in [-0.15, -0.1) is 11.8 Å². The summed E-state index contributed by atoms with van der Waals surface area (Å²) in [5, 5.41) is 13.8. The molecule has 5 heteroatoms. The van der Waals surface area contributed by atoms with E-state index >= 15 is 0 Å². The first-order chi connectivity index (χ1) is 5.60. The summed E-state index contributed by atoms with van der Waals surface area (Å²) in [4.78, 5) is 9.67. The van der Waals surface area contributed by atoms with E-state index in [9.17, 15) is 10.1 Å². The molecule has 0 saturated carbocycles. The van der Waals surface area contributed by atoms with Gasteiger partial charge in [0.1, 0.15) is 5.03 Å². The lowest BCUT2D eigenvalue weighted by Crippen LogP contribution is -2.23. The molecule has 0 heterocycles. The number of rotatable bonds is 5. The van der Waals surface area contributed by atoms with Crippen molar-refractivity contribution in [3.8, 4) is 0 Å². The Morgan fingerprint density at radius 1 is 1.83 bits per heavy atom. The van der Waals surface area contributed by atoms with Gasteiger partial charge in [0.2, 0.25) is 0 Å². The second-order valence-corrected chi connectivity index (χ2v) is 3.28. The number of hydrogen-bond acceptors (Lipinski definition) is 4. The maximum atomic E-state index is 10.1. The quantitative estimate of drug-likeness (QED) is 0.530. The molecule has 0 aliphatic rings. The molecule has 0 fully saturated rings. The van der Waals surface area contributed by atoms with E-state index < -0.39 is 4.92 Å². The Morgan fingerprint density at radius 2 is 2.42 bits per heavy atom. The van der Waals surface area contributed by atoms with Gasteiger partial charge < -0.3 is 5.32 Å². The molecule has 0 spiro atoms. The normalized spacial score (nSPS) is 14.1. The highest BCUT2D eigenvalue weighted by Crippen LogP contribution is 2.08. The maximum absolute atomic E-state index is 10.1. The molecular formula is C7H14N2O2S. The molecule has 1 N–H and O–H groups in total. The first-order valence-electron chi connectivity index (χ1n) is 3.76. The van der Waals surface area contributed by atoms with Gasteiger partial charge in [-0.1, -0.05) is 6.92 Å². The fraction of sp³-hybridized carbons (Fsp3) is 0.714. The molecule has 0 bridgehead atoms. The van der Waals surface area contributed by atoms with Crippen molar-refractivity contribution < 1.29 is 4.92 Å². The molecule has 1 unspecified atom stereocenters. The van der Waals surface area contributed by atoms with Crippen molar-refractivity contribution in [2.24, 2.45) is 0 Å². The zero-order valence-corrected chi connectivity index (χ0v) is 8.35. The predicted octanol–water partition coefficient (Wildman–Crippen LogP) is 1.81. The number of nitrogens with zero attached hydrogens (tertiary/aromatic N) is 1. The van der Waals surface area contributed by atoms with E-state index in [4.69, 9.17) is 0 Å². The first kappa shape index (κ1) is 11.3. The highest BCUT2D eigenvalue weighted by atomic mass is 32.2. The Hall–Kier alpha value is -0.710. The highest BCUT2D eigenvalue weighted by molar-refractivity contribution is 8.02. The summed E-state index contributed by atoms with van der Waals surface area (Å²) in [5.41, 5.74) is 0. The SMILES string of the molecule is CCC(C)NC(=C[N+](=O)[O-])SC. The molecule has 70 valence electrons. The average molecular weight is 190 g/mol. The van der Waals surface area contributed by atoms with Crippen LogP contribution in [0.1, 0.15) is 20.3 Å². The number of hydrogen-bond donors (Lipinski definition) is 1. The van der Waals surface area contributed by atoms with Gasteiger partial charge in [-0.2, -0.15) is 0 Å². The lowest BCUT2D eigenvalue weighted by atomic mass is 10.3. The van der Waals surface area contributed by atoms with Crippen molar-refractivity contribution in [1.82, 2.24) is 5.32 Å². The Balaban J connectivity index is 4.08. The minimum absolute atomic E-state index is 0.281. The fourth-order valence-corrected chi connectivity index (χ4v) is 1.10. The summed E-state index contributed by atoms with van der Waals surface area (Å²) in [6, 6.07) is 0.281. The molecule has 1 atom stereocenters. The largest absolute Gasteiger partial charge is 0.372 e. The molecule has 0 amide bonds. The lowest BCUT2D eigenvalue weighted by molar-refractivity contribution is -0.403. The van der Waals surface area contributed by atoms with Gasteiger partial charge in [0.05, 0.1) is 4.92 Å². The topological polar surface area (TPSA) is 55.2 Å². The van der Waals surface area contributed by atoms with Crippen LogP contribution in [0, 0.1) is 10.1 Å². The number of thioether (sulfide) groups is 1. The molecule has 4 nitrogen and oxygen atoms in total. The first-order valence-corrected chi connectivity index (χ1v) is 4.98. The monoisotopic (exact) mass is 190 g/mol. The van der Waals surface area contributed by atoms with Gasteiger partial charge in [0.15, 0.2) is 0 Å². The van der Waals surface area contributed by atoms with Gasteiger partial charge in [0.25, 0.3) is 6.20 Å². The van der Waals surface area contributed by atoms with Crippen LogP contribution in [0.25, 0.3) is 0 Å². The summed E-state index contributed by atoms with van der Waals surface area (Å²) in [6.45, 7) is 4.02. The predicted molar refractivity (Wildman–Crippen MR) is 51.5 cm³/mol. The Labute approximate surface area is 76.6 Å². The van der Waals surface area contributed by atoms with Crippen LogP contribution in [0.5, 0.6) is 0 Å². The molecule has 0 aliphatic carbocycles. The average Bonchev–Trinajstić information content (AvgIpc) is 2.02. The van der Waals surface area contributed by atoms with E-state index in [1.165, 1.54) is 11.8 Å². The van der Waals surface area contributed by atoms with Crippen LogP contribution in [0.4, 0.5) is 0 Å². The van der Waals surface area contributed by atoms with Crippen LogP contribution in [0.2, 0.25) is 0 Å². The molecule has 0 rings (SSSR count). The molecule has 0 aliphatic heterocycles. The smallest absolute Gasteiger partial charge is 0.263 e. The van der Waals surface area contributed by atoms with Gasteiger partial charge in [-0.3, -0.25) is 10.1 Å². The van der Waals surface area contributed by atoms with Crippen LogP contribution >= 0.6 is 11.8 Å². The van der Waals surface area contributed by atoms with Crippen LogP contribution in [-0.4, -0.2) is 17.2 Å². The van der Waals surface area contributed by atoms with Crippen LogP contribution in [0.3, 0.4) is 0 Å². The van der Waals surface area contributed by atoms with E-state index in [2.05, 4.69) is 5.32 Å².